The van der Waals surface area contributed by atoms with Gasteiger partial charge in [0.1, 0.15) is 0 Å². The number of carbonyl (C=O) groups excluding carboxylic acids is 1. The van der Waals surface area contributed by atoms with Gasteiger partial charge in [-0.2, -0.15) is 0 Å². The van der Waals surface area contributed by atoms with Crippen molar-refractivity contribution in [2.45, 2.75) is 39.0 Å². The first-order valence-corrected chi connectivity index (χ1v) is 7.82. The second-order valence-electron chi connectivity index (χ2n) is 5.48. The van der Waals surface area contributed by atoms with Crippen molar-refractivity contribution in [3.8, 4) is 0 Å². The van der Waals surface area contributed by atoms with E-state index in [2.05, 4.69) is 23.5 Å². The van der Waals surface area contributed by atoms with Crippen molar-refractivity contribution < 1.29 is 4.79 Å². The summed E-state index contributed by atoms with van der Waals surface area (Å²) in [5.74, 6) is 0.802. The Labute approximate surface area is 122 Å². The molecule has 3 nitrogen and oxygen atoms in total. The maximum absolute atomic E-state index is 12.3. The van der Waals surface area contributed by atoms with Gasteiger partial charge in [-0.15, -0.1) is 0 Å². The number of likely N-dealkylation sites (N-methyl/N-ethyl adjacent to an activating group) is 1. The summed E-state index contributed by atoms with van der Waals surface area (Å²) in [6.45, 7) is 7.83. The highest BCUT2D eigenvalue weighted by molar-refractivity contribution is 5.79. The highest BCUT2D eigenvalue weighted by atomic mass is 16.2. The molecule has 1 amide bonds. The van der Waals surface area contributed by atoms with Gasteiger partial charge >= 0.3 is 0 Å². The van der Waals surface area contributed by atoms with Gasteiger partial charge in [-0.3, -0.25) is 4.79 Å². The van der Waals surface area contributed by atoms with E-state index in [0.29, 0.717) is 12.3 Å². The Kier molecular flexibility index (Phi) is 5.60. The third-order valence-corrected chi connectivity index (χ3v) is 4.25. The molecule has 1 atom stereocenters. The monoisotopic (exact) mass is 274 g/mol. The molecule has 1 heterocycles. The first kappa shape index (κ1) is 15.0. The average Bonchev–Trinajstić information content (AvgIpc) is 2.50. The number of hydrogen-bond acceptors (Lipinski definition) is 2. The van der Waals surface area contributed by atoms with Crippen molar-refractivity contribution in [3.05, 3.63) is 35.4 Å². The first-order chi connectivity index (χ1) is 9.76. The van der Waals surface area contributed by atoms with Gasteiger partial charge in [0.25, 0.3) is 0 Å². The Morgan fingerprint density at radius 1 is 1.30 bits per heavy atom. The Morgan fingerprint density at radius 3 is 2.70 bits per heavy atom. The zero-order valence-corrected chi connectivity index (χ0v) is 12.7. The minimum absolute atomic E-state index is 0.242. The van der Waals surface area contributed by atoms with Crippen LogP contribution in [0.4, 0.5) is 0 Å². The molecule has 0 aromatic heterocycles. The van der Waals surface area contributed by atoms with Crippen LogP contribution < -0.4 is 5.32 Å². The normalized spacial score (nSPS) is 18.8. The van der Waals surface area contributed by atoms with Crippen molar-refractivity contribution in [1.29, 1.82) is 0 Å². The van der Waals surface area contributed by atoms with E-state index >= 15 is 0 Å². The molecule has 1 saturated heterocycles. The second-order valence-corrected chi connectivity index (χ2v) is 5.48. The molecule has 1 unspecified atom stereocenters. The zero-order valence-electron chi connectivity index (χ0n) is 12.7. The maximum Gasteiger partial charge on any atom is 0.226 e. The minimum atomic E-state index is 0.242. The largest absolute Gasteiger partial charge is 0.343 e. The van der Waals surface area contributed by atoms with E-state index in [0.717, 1.165) is 26.2 Å². The quantitative estimate of drug-likeness (QED) is 0.895. The number of carbonyl (C=O) groups is 1. The van der Waals surface area contributed by atoms with Gasteiger partial charge < -0.3 is 10.2 Å². The molecule has 0 spiro atoms. The maximum atomic E-state index is 12.3. The summed E-state index contributed by atoms with van der Waals surface area (Å²) >= 11 is 0. The van der Waals surface area contributed by atoms with Crippen molar-refractivity contribution in [1.82, 2.24) is 10.2 Å². The predicted molar refractivity (Wildman–Crippen MR) is 82.9 cm³/mol. The number of piperidine rings is 1. The molecule has 1 aliphatic rings. The van der Waals surface area contributed by atoms with Crippen molar-refractivity contribution >= 4 is 5.91 Å². The summed E-state index contributed by atoms with van der Waals surface area (Å²) < 4.78 is 0. The van der Waals surface area contributed by atoms with Crippen LogP contribution in [0.3, 0.4) is 0 Å². The van der Waals surface area contributed by atoms with Crippen molar-refractivity contribution in [2.24, 2.45) is 0 Å². The van der Waals surface area contributed by atoms with E-state index in [1.807, 2.05) is 24.8 Å². The first-order valence-electron chi connectivity index (χ1n) is 7.82. The molecule has 0 aliphatic carbocycles. The summed E-state index contributed by atoms with van der Waals surface area (Å²) in [4.78, 5) is 14.2. The topological polar surface area (TPSA) is 32.3 Å². The predicted octanol–water partition coefficient (Wildman–Crippen LogP) is 2.56. The fourth-order valence-corrected chi connectivity index (χ4v) is 3.06. The highest BCUT2D eigenvalue weighted by Crippen LogP contribution is 2.26. The smallest absolute Gasteiger partial charge is 0.226 e. The molecule has 3 heteroatoms. The number of hydrogen-bond donors (Lipinski definition) is 1. The summed E-state index contributed by atoms with van der Waals surface area (Å²) in [6.07, 6.45) is 2.99. The van der Waals surface area contributed by atoms with Crippen molar-refractivity contribution in [3.63, 3.8) is 0 Å². The SMILES string of the molecule is CCN(CC)C(=O)Cc1ccccc1C1CCCNC1. The minimum Gasteiger partial charge on any atom is -0.343 e. The van der Waals surface area contributed by atoms with Gasteiger partial charge in [0.05, 0.1) is 6.42 Å². The van der Waals surface area contributed by atoms with Crippen LogP contribution in [-0.2, 0) is 11.2 Å². The van der Waals surface area contributed by atoms with E-state index in [-0.39, 0.29) is 5.91 Å². The summed E-state index contributed by atoms with van der Waals surface area (Å²) in [5.41, 5.74) is 2.57. The number of benzene rings is 1. The molecule has 1 aromatic rings. The molecule has 1 N–H and O–H groups in total. The molecular weight excluding hydrogens is 248 g/mol. The highest BCUT2D eigenvalue weighted by Gasteiger charge is 2.20. The number of amides is 1. The van der Waals surface area contributed by atoms with Crippen LogP contribution >= 0.6 is 0 Å². The number of nitrogens with one attached hydrogen (secondary N) is 1. The molecule has 0 saturated carbocycles. The lowest BCUT2D eigenvalue weighted by atomic mass is 9.87. The Balaban J connectivity index is 2.13. The van der Waals surface area contributed by atoms with Crippen molar-refractivity contribution in [2.75, 3.05) is 26.2 Å². The molecule has 0 bridgehead atoms. The summed E-state index contributed by atoms with van der Waals surface area (Å²) in [6, 6.07) is 8.45. The molecular formula is C17H26N2O. The van der Waals surface area contributed by atoms with Gasteiger partial charge in [0.2, 0.25) is 5.91 Å². The molecule has 110 valence electrons. The summed E-state index contributed by atoms with van der Waals surface area (Å²) in [5, 5.41) is 3.46. The van der Waals surface area contributed by atoms with Gasteiger partial charge in [0, 0.05) is 19.6 Å². The molecule has 1 fully saturated rings. The summed E-state index contributed by atoms with van der Waals surface area (Å²) in [7, 11) is 0. The number of rotatable bonds is 5. The van der Waals surface area contributed by atoms with Crippen LogP contribution in [0.1, 0.15) is 43.7 Å². The van der Waals surface area contributed by atoms with Crippen LogP contribution in [0, 0.1) is 0 Å². The molecule has 1 aliphatic heterocycles. The lowest BCUT2D eigenvalue weighted by Crippen LogP contribution is -2.33. The zero-order chi connectivity index (χ0) is 14.4. The van der Waals surface area contributed by atoms with Crippen LogP contribution in [0.15, 0.2) is 24.3 Å². The standard InChI is InChI=1S/C17H26N2O/c1-3-19(4-2)17(20)12-14-8-5-6-10-16(14)15-9-7-11-18-13-15/h5-6,8,10,15,18H,3-4,7,9,11-13H2,1-2H3. The lowest BCUT2D eigenvalue weighted by Gasteiger charge is -2.26. The average molecular weight is 274 g/mol. The van der Waals surface area contributed by atoms with E-state index in [1.54, 1.807) is 0 Å². The van der Waals surface area contributed by atoms with Gasteiger partial charge in [-0.05, 0) is 50.3 Å². The number of nitrogens with zero attached hydrogens (tertiary/aromatic N) is 1. The second kappa shape index (κ2) is 7.44. The van der Waals surface area contributed by atoms with Gasteiger partial charge in [-0.1, -0.05) is 24.3 Å². The Hall–Kier alpha value is -1.35. The van der Waals surface area contributed by atoms with E-state index in [9.17, 15) is 4.79 Å². The molecule has 0 radical (unpaired) electrons. The van der Waals surface area contributed by atoms with Gasteiger partial charge in [0.15, 0.2) is 0 Å². The Morgan fingerprint density at radius 2 is 2.05 bits per heavy atom. The fraction of sp³-hybridized carbons (Fsp3) is 0.588. The van der Waals surface area contributed by atoms with Crippen LogP contribution in [0.5, 0.6) is 0 Å². The third kappa shape index (κ3) is 3.60. The molecule has 20 heavy (non-hydrogen) atoms. The molecule has 2 rings (SSSR count). The van der Waals surface area contributed by atoms with Gasteiger partial charge in [-0.25, -0.2) is 0 Å². The van der Waals surface area contributed by atoms with Crippen LogP contribution in [0.25, 0.3) is 0 Å². The van der Waals surface area contributed by atoms with Crippen LogP contribution in [0.2, 0.25) is 0 Å². The van der Waals surface area contributed by atoms with Crippen LogP contribution in [-0.4, -0.2) is 37.0 Å². The van der Waals surface area contributed by atoms with E-state index < -0.39 is 0 Å². The lowest BCUT2D eigenvalue weighted by molar-refractivity contribution is -0.130. The van der Waals surface area contributed by atoms with E-state index in [1.165, 1.54) is 24.0 Å². The van der Waals surface area contributed by atoms with E-state index in [4.69, 9.17) is 0 Å². The molecule has 1 aromatic carbocycles. The fourth-order valence-electron chi connectivity index (χ4n) is 3.06. The third-order valence-electron chi connectivity index (χ3n) is 4.25. The Bertz CT molecular complexity index is 434.